The quantitative estimate of drug-likeness (QED) is 0.581. The molecule has 0 saturated heterocycles. The highest BCUT2D eigenvalue weighted by atomic mass is 32.2. The van der Waals surface area contributed by atoms with Crippen LogP contribution in [0.15, 0.2) is 69.3 Å². The van der Waals surface area contributed by atoms with Crippen LogP contribution in [0.5, 0.6) is 0 Å². The van der Waals surface area contributed by atoms with Crippen molar-refractivity contribution in [2.75, 3.05) is 11.6 Å². The van der Waals surface area contributed by atoms with Crippen LogP contribution in [0.4, 0.5) is 5.69 Å². The van der Waals surface area contributed by atoms with E-state index in [4.69, 9.17) is 0 Å². The summed E-state index contributed by atoms with van der Waals surface area (Å²) >= 11 is 2.94. The minimum atomic E-state index is -0.369. The van der Waals surface area contributed by atoms with Gasteiger partial charge in [0.15, 0.2) is 0 Å². The van der Waals surface area contributed by atoms with Crippen LogP contribution < -0.4 is 10.9 Å². The third-order valence-corrected chi connectivity index (χ3v) is 6.27. The molecule has 1 N–H and O–H groups in total. The molecule has 2 aromatic carbocycles. The molecule has 1 aromatic heterocycles. The Labute approximate surface area is 178 Å². The van der Waals surface area contributed by atoms with Crippen LogP contribution in [0.1, 0.15) is 18.1 Å². The van der Waals surface area contributed by atoms with Crippen LogP contribution in [0, 0.1) is 13.8 Å². The van der Waals surface area contributed by atoms with Crippen LogP contribution in [0.2, 0.25) is 0 Å². The molecule has 0 radical (unpaired) electrons. The van der Waals surface area contributed by atoms with Crippen molar-refractivity contribution in [3.63, 3.8) is 0 Å². The Kier molecular flexibility index (Phi) is 6.82. The van der Waals surface area contributed by atoms with E-state index in [0.717, 1.165) is 21.7 Å². The molecule has 3 aromatic rings. The van der Waals surface area contributed by atoms with Gasteiger partial charge in [-0.2, -0.15) is 9.78 Å². The molecule has 0 aliphatic carbocycles. The number of aryl methyl sites for hydroxylation is 2. The number of amides is 1. The van der Waals surface area contributed by atoms with Gasteiger partial charge in [-0.05, 0) is 74.6 Å². The average Bonchev–Trinajstić information content (AvgIpc) is 2.71. The number of rotatable bonds is 6. The second-order valence-electron chi connectivity index (χ2n) is 6.67. The summed E-state index contributed by atoms with van der Waals surface area (Å²) in [6, 6.07) is 16.6. The molecular formula is C22H23N3O2S2. The maximum absolute atomic E-state index is 12.6. The maximum Gasteiger partial charge on any atom is 0.271 e. The van der Waals surface area contributed by atoms with Crippen LogP contribution >= 0.6 is 23.5 Å². The highest BCUT2D eigenvalue weighted by molar-refractivity contribution is 8.00. The van der Waals surface area contributed by atoms with Crippen LogP contribution in [0.25, 0.3) is 5.69 Å². The second-order valence-corrected chi connectivity index (χ2v) is 8.91. The Bertz CT molecular complexity index is 1100. The Morgan fingerprint density at radius 3 is 2.59 bits per heavy atom. The summed E-state index contributed by atoms with van der Waals surface area (Å²) in [4.78, 5) is 26.0. The van der Waals surface area contributed by atoms with Crippen LogP contribution in [-0.2, 0) is 4.79 Å². The number of thioether (sulfide) groups is 2. The van der Waals surface area contributed by atoms with E-state index >= 15 is 0 Å². The lowest BCUT2D eigenvalue weighted by Gasteiger charge is -2.13. The third kappa shape index (κ3) is 5.31. The van der Waals surface area contributed by atoms with Gasteiger partial charge in [0, 0.05) is 16.6 Å². The fraction of sp³-hybridized carbons (Fsp3) is 0.227. The molecule has 5 nitrogen and oxygen atoms in total. The number of aromatic nitrogens is 2. The summed E-state index contributed by atoms with van der Waals surface area (Å²) in [7, 11) is 0. The smallest absolute Gasteiger partial charge is 0.271 e. The summed E-state index contributed by atoms with van der Waals surface area (Å²) in [5.74, 6) is -0.112. The Hall–Kier alpha value is -2.51. The predicted octanol–water partition coefficient (Wildman–Crippen LogP) is 4.69. The monoisotopic (exact) mass is 425 g/mol. The van der Waals surface area contributed by atoms with E-state index in [9.17, 15) is 9.59 Å². The lowest BCUT2D eigenvalue weighted by molar-refractivity contribution is -0.115. The fourth-order valence-electron chi connectivity index (χ4n) is 2.68. The van der Waals surface area contributed by atoms with Crippen LogP contribution in [-0.4, -0.2) is 27.2 Å². The molecule has 1 atom stereocenters. The summed E-state index contributed by atoms with van der Waals surface area (Å²) in [6.07, 6.45) is 2.00. The summed E-state index contributed by atoms with van der Waals surface area (Å²) < 4.78 is 1.38. The number of anilines is 1. The van der Waals surface area contributed by atoms with E-state index in [1.165, 1.54) is 22.5 Å². The standard InChI is InChI=1S/C22H23N3O2S2/c1-14-8-9-18(12-15(14)2)25-21(26)11-10-20(24-25)29-16(3)22(27)23-17-6-5-7-19(13-17)28-4/h5-13,16H,1-4H3,(H,23,27)/t16-/m0/s1. The Morgan fingerprint density at radius 1 is 1.07 bits per heavy atom. The molecule has 3 rings (SSSR count). The number of carbonyl (C=O) groups is 1. The van der Waals surface area contributed by atoms with E-state index < -0.39 is 0 Å². The molecule has 0 fully saturated rings. The largest absolute Gasteiger partial charge is 0.325 e. The molecule has 0 unspecified atom stereocenters. The lowest BCUT2D eigenvalue weighted by Crippen LogP contribution is -2.24. The molecule has 7 heteroatoms. The van der Waals surface area contributed by atoms with E-state index in [-0.39, 0.29) is 16.7 Å². The van der Waals surface area contributed by atoms with E-state index in [0.29, 0.717) is 10.7 Å². The lowest BCUT2D eigenvalue weighted by atomic mass is 10.1. The molecule has 29 heavy (non-hydrogen) atoms. The zero-order valence-electron chi connectivity index (χ0n) is 16.8. The van der Waals surface area contributed by atoms with Gasteiger partial charge >= 0.3 is 0 Å². The molecule has 0 saturated carbocycles. The van der Waals surface area contributed by atoms with Gasteiger partial charge < -0.3 is 5.32 Å². The van der Waals surface area contributed by atoms with Gasteiger partial charge in [-0.3, -0.25) is 9.59 Å². The van der Waals surface area contributed by atoms with Crippen molar-refractivity contribution < 1.29 is 4.79 Å². The van der Waals surface area contributed by atoms with Crippen molar-refractivity contribution >= 4 is 35.1 Å². The van der Waals surface area contributed by atoms with Gasteiger partial charge in [-0.25, -0.2) is 0 Å². The minimum absolute atomic E-state index is 0.112. The average molecular weight is 426 g/mol. The predicted molar refractivity (Wildman–Crippen MR) is 121 cm³/mol. The molecule has 0 aliphatic rings. The fourth-order valence-corrected chi connectivity index (χ4v) is 3.94. The van der Waals surface area contributed by atoms with E-state index in [1.54, 1.807) is 17.8 Å². The zero-order valence-corrected chi connectivity index (χ0v) is 18.4. The van der Waals surface area contributed by atoms with Crippen molar-refractivity contribution in [2.45, 2.75) is 35.9 Å². The second kappa shape index (κ2) is 9.33. The number of hydrogen-bond donors (Lipinski definition) is 1. The van der Waals surface area contributed by atoms with Crippen molar-refractivity contribution in [3.05, 3.63) is 76.1 Å². The van der Waals surface area contributed by atoms with Gasteiger partial charge in [-0.1, -0.05) is 23.9 Å². The molecule has 1 heterocycles. The number of hydrogen-bond acceptors (Lipinski definition) is 5. The third-order valence-electron chi connectivity index (χ3n) is 4.51. The first-order chi connectivity index (χ1) is 13.9. The SMILES string of the molecule is CSc1cccc(NC(=O)[C@H](C)Sc2ccc(=O)n(-c3ccc(C)c(C)c3)n2)c1. The molecular weight excluding hydrogens is 402 g/mol. The topological polar surface area (TPSA) is 64.0 Å². The summed E-state index contributed by atoms with van der Waals surface area (Å²) in [5, 5.41) is 7.64. The summed E-state index contributed by atoms with van der Waals surface area (Å²) in [6.45, 7) is 5.85. The molecule has 150 valence electrons. The van der Waals surface area contributed by atoms with Crippen molar-refractivity contribution in [1.29, 1.82) is 0 Å². The normalized spacial score (nSPS) is 11.9. The van der Waals surface area contributed by atoms with Crippen LogP contribution in [0.3, 0.4) is 0 Å². The number of nitrogens with zero attached hydrogens (tertiary/aromatic N) is 2. The molecule has 1 amide bonds. The van der Waals surface area contributed by atoms with Crippen molar-refractivity contribution in [1.82, 2.24) is 9.78 Å². The molecule has 0 bridgehead atoms. The van der Waals surface area contributed by atoms with Crippen molar-refractivity contribution in [3.8, 4) is 5.69 Å². The van der Waals surface area contributed by atoms with Gasteiger partial charge in [0.05, 0.1) is 10.9 Å². The first-order valence-corrected chi connectivity index (χ1v) is 11.3. The minimum Gasteiger partial charge on any atom is -0.325 e. The van der Waals surface area contributed by atoms with E-state index in [2.05, 4.69) is 10.4 Å². The number of benzene rings is 2. The zero-order chi connectivity index (χ0) is 21.0. The highest BCUT2D eigenvalue weighted by Crippen LogP contribution is 2.24. The van der Waals surface area contributed by atoms with Crippen molar-refractivity contribution in [2.24, 2.45) is 0 Å². The van der Waals surface area contributed by atoms with Gasteiger partial charge in [0.1, 0.15) is 5.03 Å². The highest BCUT2D eigenvalue weighted by Gasteiger charge is 2.16. The summed E-state index contributed by atoms with van der Waals surface area (Å²) in [5.41, 5.74) is 3.52. The first kappa shape index (κ1) is 21.2. The molecule has 0 spiro atoms. The Balaban J connectivity index is 1.76. The van der Waals surface area contributed by atoms with Gasteiger partial charge in [0.2, 0.25) is 5.91 Å². The van der Waals surface area contributed by atoms with E-state index in [1.807, 2.05) is 69.5 Å². The molecule has 0 aliphatic heterocycles. The first-order valence-electron chi connectivity index (χ1n) is 9.17. The Morgan fingerprint density at radius 2 is 1.86 bits per heavy atom. The maximum atomic E-state index is 12.6. The number of nitrogens with one attached hydrogen (secondary N) is 1. The van der Waals surface area contributed by atoms with Gasteiger partial charge in [0.25, 0.3) is 5.56 Å². The van der Waals surface area contributed by atoms with Gasteiger partial charge in [-0.15, -0.1) is 11.8 Å². The number of carbonyl (C=O) groups excluding carboxylic acids is 1.